The molecular weight excluding hydrogens is 188 g/mol. The first-order valence-corrected chi connectivity index (χ1v) is 4.82. The Kier molecular flexibility index (Phi) is 2.19. The summed E-state index contributed by atoms with van der Waals surface area (Å²) in [5, 5.41) is 4.33. The fourth-order valence-electron chi connectivity index (χ4n) is 1.47. The molecule has 78 valence electrons. The van der Waals surface area contributed by atoms with Crippen LogP contribution in [0.2, 0.25) is 0 Å². The van der Waals surface area contributed by atoms with Crippen molar-refractivity contribution in [2.45, 2.75) is 13.8 Å². The summed E-state index contributed by atoms with van der Waals surface area (Å²) in [6.07, 6.45) is 0. The van der Waals surface area contributed by atoms with Crippen molar-refractivity contribution >= 4 is 5.69 Å². The first-order valence-electron chi connectivity index (χ1n) is 4.82. The Labute approximate surface area is 88.8 Å². The van der Waals surface area contributed by atoms with Gasteiger partial charge in [-0.1, -0.05) is 12.1 Å². The van der Waals surface area contributed by atoms with Crippen LogP contribution in [-0.4, -0.2) is 14.8 Å². The Morgan fingerprint density at radius 3 is 2.60 bits per heavy atom. The number of aromatic nitrogens is 3. The average molecular weight is 202 g/mol. The van der Waals surface area contributed by atoms with Crippen molar-refractivity contribution in [2.24, 2.45) is 7.05 Å². The highest BCUT2D eigenvalue weighted by molar-refractivity contribution is 5.67. The second kappa shape index (κ2) is 3.38. The summed E-state index contributed by atoms with van der Waals surface area (Å²) in [4.78, 5) is 4.38. The molecule has 1 aromatic heterocycles. The molecule has 0 spiro atoms. The van der Waals surface area contributed by atoms with Gasteiger partial charge in [-0.3, -0.25) is 4.68 Å². The summed E-state index contributed by atoms with van der Waals surface area (Å²) >= 11 is 0. The molecular formula is C11H14N4. The summed E-state index contributed by atoms with van der Waals surface area (Å²) in [5.41, 5.74) is 8.65. The maximum absolute atomic E-state index is 5.84. The Balaban J connectivity index is 2.59. The lowest BCUT2D eigenvalue weighted by Crippen LogP contribution is -1.94. The van der Waals surface area contributed by atoms with Gasteiger partial charge >= 0.3 is 0 Å². The number of benzene rings is 1. The SMILES string of the molecule is Cc1c(N)cccc1-c1nc(C)n(C)n1. The molecule has 15 heavy (non-hydrogen) atoms. The van der Waals surface area contributed by atoms with E-state index in [4.69, 9.17) is 5.73 Å². The number of hydrogen-bond donors (Lipinski definition) is 1. The van der Waals surface area contributed by atoms with Crippen LogP contribution < -0.4 is 5.73 Å². The second-order valence-corrected chi connectivity index (χ2v) is 3.63. The van der Waals surface area contributed by atoms with Crippen LogP contribution in [0.4, 0.5) is 5.69 Å². The van der Waals surface area contributed by atoms with Gasteiger partial charge in [0.25, 0.3) is 0 Å². The van der Waals surface area contributed by atoms with Crippen LogP contribution >= 0.6 is 0 Å². The highest BCUT2D eigenvalue weighted by Crippen LogP contribution is 2.24. The second-order valence-electron chi connectivity index (χ2n) is 3.63. The lowest BCUT2D eigenvalue weighted by Gasteiger charge is -2.03. The van der Waals surface area contributed by atoms with Crippen molar-refractivity contribution in [3.8, 4) is 11.4 Å². The number of nitrogens with two attached hydrogens (primary N) is 1. The molecule has 2 rings (SSSR count). The van der Waals surface area contributed by atoms with E-state index in [2.05, 4.69) is 10.1 Å². The Morgan fingerprint density at radius 2 is 2.00 bits per heavy atom. The molecule has 0 bridgehead atoms. The smallest absolute Gasteiger partial charge is 0.181 e. The van der Waals surface area contributed by atoms with Gasteiger partial charge in [0, 0.05) is 18.3 Å². The normalized spacial score (nSPS) is 10.6. The van der Waals surface area contributed by atoms with E-state index in [-0.39, 0.29) is 0 Å². The van der Waals surface area contributed by atoms with Crippen LogP contribution in [0.3, 0.4) is 0 Å². The zero-order valence-electron chi connectivity index (χ0n) is 9.15. The molecule has 0 atom stereocenters. The standard InChI is InChI=1S/C11H14N4/c1-7-9(5-4-6-10(7)12)11-13-8(2)15(3)14-11/h4-6H,12H2,1-3H3. The van der Waals surface area contributed by atoms with Crippen molar-refractivity contribution in [1.82, 2.24) is 14.8 Å². The molecule has 4 heteroatoms. The fourth-order valence-corrected chi connectivity index (χ4v) is 1.47. The van der Waals surface area contributed by atoms with Gasteiger partial charge in [0.05, 0.1) is 0 Å². The van der Waals surface area contributed by atoms with Crippen molar-refractivity contribution in [2.75, 3.05) is 5.73 Å². The van der Waals surface area contributed by atoms with Gasteiger partial charge in [-0.2, -0.15) is 5.10 Å². The van der Waals surface area contributed by atoms with Gasteiger partial charge in [-0.25, -0.2) is 4.98 Å². The minimum atomic E-state index is 0.736. The number of aryl methyl sites for hydroxylation is 2. The van der Waals surface area contributed by atoms with Gasteiger partial charge in [0.1, 0.15) is 5.82 Å². The molecule has 0 unspecified atom stereocenters. The van der Waals surface area contributed by atoms with Crippen molar-refractivity contribution in [3.63, 3.8) is 0 Å². The predicted octanol–water partition coefficient (Wildman–Crippen LogP) is 1.68. The summed E-state index contributed by atoms with van der Waals surface area (Å²) in [6, 6.07) is 5.79. The topological polar surface area (TPSA) is 56.7 Å². The molecule has 2 N–H and O–H groups in total. The molecule has 2 aromatic rings. The Hall–Kier alpha value is -1.84. The lowest BCUT2D eigenvalue weighted by molar-refractivity contribution is 0.736. The zero-order valence-corrected chi connectivity index (χ0v) is 9.15. The minimum absolute atomic E-state index is 0.736. The molecule has 4 nitrogen and oxygen atoms in total. The lowest BCUT2D eigenvalue weighted by atomic mass is 10.1. The van der Waals surface area contributed by atoms with Gasteiger partial charge in [0.15, 0.2) is 5.82 Å². The number of hydrogen-bond acceptors (Lipinski definition) is 3. The number of nitrogens with zero attached hydrogens (tertiary/aromatic N) is 3. The van der Waals surface area contributed by atoms with Crippen LogP contribution in [0, 0.1) is 13.8 Å². The van der Waals surface area contributed by atoms with E-state index in [0.29, 0.717) is 0 Å². The Morgan fingerprint density at radius 1 is 1.27 bits per heavy atom. The Bertz CT molecular complexity index is 480. The number of nitrogen functional groups attached to an aromatic ring is 1. The van der Waals surface area contributed by atoms with Gasteiger partial charge in [-0.05, 0) is 25.5 Å². The summed E-state index contributed by atoms with van der Waals surface area (Å²) < 4.78 is 1.76. The molecule has 0 aliphatic rings. The van der Waals surface area contributed by atoms with E-state index < -0.39 is 0 Å². The van der Waals surface area contributed by atoms with Crippen LogP contribution in [-0.2, 0) is 7.05 Å². The molecule has 0 aliphatic heterocycles. The molecule has 0 aliphatic carbocycles. The van der Waals surface area contributed by atoms with E-state index in [9.17, 15) is 0 Å². The third kappa shape index (κ3) is 1.58. The molecule has 0 radical (unpaired) electrons. The minimum Gasteiger partial charge on any atom is -0.398 e. The third-order valence-corrected chi connectivity index (χ3v) is 2.60. The van der Waals surface area contributed by atoms with E-state index in [1.807, 2.05) is 39.1 Å². The molecule has 1 heterocycles. The highest BCUT2D eigenvalue weighted by atomic mass is 15.3. The van der Waals surface area contributed by atoms with Crippen molar-refractivity contribution in [3.05, 3.63) is 29.6 Å². The van der Waals surface area contributed by atoms with Gasteiger partial charge in [-0.15, -0.1) is 0 Å². The van der Waals surface area contributed by atoms with Gasteiger partial charge in [0.2, 0.25) is 0 Å². The molecule has 0 saturated carbocycles. The molecule has 0 amide bonds. The first kappa shape index (κ1) is 9.71. The predicted molar refractivity (Wildman–Crippen MR) is 60.3 cm³/mol. The van der Waals surface area contributed by atoms with E-state index in [1.165, 1.54) is 0 Å². The maximum Gasteiger partial charge on any atom is 0.181 e. The molecule has 1 aromatic carbocycles. The molecule has 0 saturated heterocycles. The summed E-state index contributed by atoms with van der Waals surface area (Å²) in [5.74, 6) is 1.63. The van der Waals surface area contributed by atoms with E-state index in [0.717, 1.165) is 28.5 Å². The van der Waals surface area contributed by atoms with Crippen LogP contribution in [0.15, 0.2) is 18.2 Å². The van der Waals surface area contributed by atoms with E-state index >= 15 is 0 Å². The maximum atomic E-state index is 5.84. The van der Waals surface area contributed by atoms with E-state index in [1.54, 1.807) is 4.68 Å². The van der Waals surface area contributed by atoms with Crippen LogP contribution in [0.1, 0.15) is 11.4 Å². The average Bonchev–Trinajstić information content (AvgIpc) is 2.51. The summed E-state index contributed by atoms with van der Waals surface area (Å²) in [6.45, 7) is 3.91. The van der Waals surface area contributed by atoms with Crippen LogP contribution in [0.5, 0.6) is 0 Å². The van der Waals surface area contributed by atoms with Crippen molar-refractivity contribution in [1.29, 1.82) is 0 Å². The van der Waals surface area contributed by atoms with Gasteiger partial charge < -0.3 is 5.73 Å². The summed E-state index contributed by atoms with van der Waals surface area (Å²) in [7, 11) is 1.88. The first-order chi connectivity index (χ1) is 7.09. The quantitative estimate of drug-likeness (QED) is 0.716. The van der Waals surface area contributed by atoms with Crippen LogP contribution in [0.25, 0.3) is 11.4 Å². The van der Waals surface area contributed by atoms with Crippen molar-refractivity contribution < 1.29 is 0 Å². The molecule has 0 fully saturated rings. The number of rotatable bonds is 1. The number of anilines is 1. The zero-order chi connectivity index (χ0) is 11.0. The largest absolute Gasteiger partial charge is 0.398 e. The third-order valence-electron chi connectivity index (χ3n) is 2.60. The monoisotopic (exact) mass is 202 g/mol. The highest BCUT2D eigenvalue weighted by Gasteiger charge is 2.09. The fraction of sp³-hybridized carbons (Fsp3) is 0.273.